The number of hydrogen-bond donors (Lipinski definition) is 1. The molecule has 0 heterocycles. The third-order valence-corrected chi connectivity index (χ3v) is 5.62. The molecule has 0 aliphatic heterocycles. The Kier molecular flexibility index (Phi) is 4.69. The van der Waals surface area contributed by atoms with Crippen molar-refractivity contribution < 1.29 is 9.90 Å². The molecule has 3 rings (SSSR count). The Hall–Kier alpha value is -1.22. The minimum absolute atomic E-state index is 0.444. The van der Waals surface area contributed by atoms with E-state index in [-0.39, 0.29) is 0 Å². The van der Waals surface area contributed by atoms with Gasteiger partial charge >= 0.3 is 5.97 Å². The van der Waals surface area contributed by atoms with E-state index in [1.165, 1.54) is 36.3 Å². The Bertz CT molecular complexity index is 523. The molecule has 2 aliphatic carbocycles. The number of thioether (sulfide) groups is 1. The first-order valence-corrected chi connectivity index (χ1v) is 8.89. The average Bonchev–Trinajstić information content (AvgIpc) is 3.17. The quantitative estimate of drug-likeness (QED) is 0.603. The van der Waals surface area contributed by atoms with Gasteiger partial charge < -0.3 is 5.11 Å². The maximum atomic E-state index is 11.5. The number of aliphatic carboxylic acids is 1. The van der Waals surface area contributed by atoms with E-state index in [2.05, 4.69) is 12.1 Å². The highest BCUT2D eigenvalue weighted by Gasteiger charge is 2.21. The van der Waals surface area contributed by atoms with E-state index in [1.54, 1.807) is 0 Å². The maximum absolute atomic E-state index is 11.5. The summed E-state index contributed by atoms with van der Waals surface area (Å²) in [5.74, 6) is 1.75. The summed E-state index contributed by atoms with van der Waals surface area (Å²) in [6, 6.07) is 8.05. The average molecular weight is 302 g/mol. The summed E-state index contributed by atoms with van der Waals surface area (Å²) in [7, 11) is 0. The van der Waals surface area contributed by atoms with Crippen molar-refractivity contribution in [3.63, 3.8) is 0 Å². The van der Waals surface area contributed by atoms with Crippen molar-refractivity contribution >= 4 is 23.3 Å². The molecule has 0 unspecified atom stereocenters. The van der Waals surface area contributed by atoms with Gasteiger partial charge in [-0.25, -0.2) is 4.79 Å². The minimum atomic E-state index is -0.805. The van der Waals surface area contributed by atoms with Crippen molar-refractivity contribution in [1.29, 1.82) is 0 Å². The normalized spacial score (nSPS) is 19.9. The lowest BCUT2D eigenvalue weighted by Crippen LogP contribution is -2.02. The molecule has 2 nitrogen and oxygen atoms in total. The van der Waals surface area contributed by atoms with Crippen molar-refractivity contribution in [3.05, 3.63) is 35.9 Å². The molecule has 2 fully saturated rings. The molecule has 1 N–H and O–H groups in total. The first kappa shape index (κ1) is 14.7. The summed E-state index contributed by atoms with van der Waals surface area (Å²) in [5, 5.41) is 9.47. The Balaban J connectivity index is 1.70. The second-order valence-corrected chi connectivity index (χ2v) is 7.30. The fourth-order valence-corrected chi connectivity index (χ4v) is 3.97. The van der Waals surface area contributed by atoms with Gasteiger partial charge in [-0.05, 0) is 55.2 Å². The molecule has 0 bridgehead atoms. The number of carboxylic acid groups (broad SMARTS) is 1. The zero-order chi connectivity index (χ0) is 14.7. The van der Waals surface area contributed by atoms with Gasteiger partial charge in [-0.3, -0.25) is 0 Å². The Morgan fingerprint density at radius 1 is 1.14 bits per heavy atom. The molecule has 0 radical (unpaired) electrons. The van der Waals surface area contributed by atoms with Gasteiger partial charge in [-0.15, -0.1) is 11.8 Å². The zero-order valence-electron chi connectivity index (χ0n) is 12.3. The van der Waals surface area contributed by atoms with Crippen molar-refractivity contribution in [3.8, 4) is 0 Å². The van der Waals surface area contributed by atoms with Crippen molar-refractivity contribution in [2.75, 3.05) is 5.75 Å². The van der Waals surface area contributed by atoms with Crippen LogP contribution in [0.2, 0.25) is 0 Å². The molecule has 1 aromatic rings. The highest BCUT2D eigenvalue weighted by atomic mass is 32.2. The van der Waals surface area contributed by atoms with Crippen LogP contribution in [0.4, 0.5) is 0 Å². The number of carbonyl (C=O) groups is 1. The summed E-state index contributed by atoms with van der Waals surface area (Å²) in [5.41, 5.74) is 1.31. The lowest BCUT2D eigenvalue weighted by atomic mass is 9.99. The van der Waals surface area contributed by atoms with Gasteiger partial charge in [0.25, 0.3) is 0 Å². The molecule has 2 aliphatic rings. The Morgan fingerprint density at radius 2 is 1.81 bits per heavy atom. The zero-order valence-corrected chi connectivity index (χ0v) is 13.1. The van der Waals surface area contributed by atoms with Crippen LogP contribution < -0.4 is 0 Å². The molecule has 1 aromatic carbocycles. The SMILES string of the molecule is O=C(O)C(=CC1CCCC1)c1ccc(SCC2CC2)cc1. The van der Waals surface area contributed by atoms with Gasteiger partial charge in [-0.2, -0.15) is 0 Å². The lowest BCUT2D eigenvalue weighted by molar-refractivity contribution is -0.130. The van der Waals surface area contributed by atoms with E-state index in [1.807, 2.05) is 30.0 Å². The number of hydrogen-bond acceptors (Lipinski definition) is 2. The molecule has 112 valence electrons. The van der Waals surface area contributed by atoms with Crippen LogP contribution in [0, 0.1) is 11.8 Å². The van der Waals surface area contributed by atoms with E-state index >= 15 is 0 Å². The van der Waals surface area contributed by atoms with Crippen LogP contribution >= 0.6 is 11.8 Å². The van der Waals surface area contributed by atoms with Crippen LogP contribution in [0.25, 0.3) is 5.57 Å². The van der Waals surface area contributed by atoms with Crippen molar-refractivity contribution in [1.82, 2.24) is 0 Å². The molecule has 2 saturated carbocycles. The molecule has 0 amide bonds. The Morgan fingerprint density at radius 3 is 2.38 bits per heavy atom. The minimum Gasteiger partial charge on any atom is -0.478 e. The van der Waals surface area contributed by atoms with Crippen LogP contribution in [0.5, 0.6) is 0 Å². The summed E-state index contributed by atoms with van der Waals surface area (Å²) in [6.07, 6.45) is 9.44. The molecule has 21 heavy (non-hydrogen) atoms. The third-order valence-electron chi connectivity index (χ3n) is 4.38. The lowest BCUT2D eigenvalue weighted by Gasteiger charge is -2.08. The number of benzene rings is 1. The molecule has 0 spiro atoms. The molecule has 0 atom stereocenters. The topological polar surface area (TPSA) is 37.3 Å². The molecule has 3 heteroatoms. The van der Waals surface area contributed by atoms with Gasteiger partial charge in [0.15, 0.2) is 0 Å². The molecular formula is C18H22O2S. The third kappa shape index (κ3) is 4.13. The fraction of sp³-hybridized carbons (Fsp3) is 0.500. The number of carboxylic acids is 1. The fourth-order valence-electron chi connectivity index (χ4n) is 2.88. The molecule has 0 aromatic heterocycles. The Labute approximate surface area is 130 Å². The molecule has 0 saturated heterocycles. The van der Waals surface area contributed by atoms with Crippen LogP contribution in [-0.2, 0) is 4.79 Å². The van der Waals surface area contributed by atoms with Gasteiger partial charge in [0.05, 0.1) is 5.57 Å². The summed E-state index contributed by atoms with van der Waals surface area (Å²) in [6.45, 7) is 0. The summed E-state index contributed by atoms with van der Waals surface area (Å²) < 4.78 is 0. The highest BCUT2D eigenvalue weighted by molar-refractivity contribution is 7.99. The van der Waals surface area contributed by atoms with Gasteiger partial charge in [-0.1, -0.05) is 31.1 Å². The van der Waals surface area contributed by atoms with Crippen molar-refractivity contribution in [2.45, 2.75) is 43.4 Å². The van der Waals surface area contributed by atoms with E-state index in [0.29, 0.717) is 11.5 Å². The summed E-state index contributed by atoms with van der Waals surface area (Å²) in [4.78, 5) is 12.8. The van der Waals surface area contributed by atoms with Crippen LogP contribution in [0.15, 0.2) is 35.2 Å². The number of rotatable bonds is 6. The first-order chi connectivity index (χ1) is 10.2. The second kappa shape index (κ2) is 6.69. The van der Waals surface area contributed by atoms with Crippen LogP contribution in [-0.4, -0.2) is 16.8 Å². The highest BCUT2D eigenvalue weighted by Crippen LogP contribution is 2.35. The predicted molar refractivity (Wildman–Crippen MR) is 87.5 cm³/mol. The van der Waals surface area contributed by atoms with Gasteiger partial charge in [0.2, 0.25) is 0 Å². The van der Waals surface area contributed by atoms with Crippen LogP contribution in [0.3, 0.4) is 0 Å². The largest absolute Gasteiger partial charge is 0.478 e. The first-order valence-electron chi connectivity index (χ1n) is 7.91. The van der Waals surface area contributed by atoms with E-state index in [0.717, 1.165) is 24.3 Å². The second-order valence-electron chi connectivity index (χ2n) is 6.21. The van der Waals surface area contributed by atoms with E-state index in [4.69, 9.17) is 0 Å². The number of allylic oxidation sites excluding steroid dienone is 1. The summed E-state index contributed by atoms with van der Waals surface area (Å²) >= 11 is 1.89. The maximum Gasteiger partial charge on any atom is 0.335 e. The molecular weight excluding hydrogens is 280 g/mol. The monoisotopic (exact) mass is 302 g/mol. The van der Waals surface area contributed by atoms with Gasteiger partial charge in [0, 0.05) is 10.6 Å². The van der Waals surface area contributed by atoms with Crippen LogP contribution in [0.1, 0.15) is 44.1 Å². The van der Waals surface area contributed by atoms with E-state index < -0.39 is 5.97 Å². The van der Waals surface area contributed by atoms with E-state index in [9.17, 15) is 9.90 Å². The van der Waals surface area contributed by atoms with Gasteiger partial charge in [0.1, 0.15) is 0 Å². The smallest absolute Gasteiger partial charge is 0.335 e. The van der Waals surface area contributed by atoms with Crippen molar-refractivity contribution in [2.24, 2.45) is 11.8 Å². The predicted octanol–water partition coefficient (Wildman–Crippen LogP) is 4.85. The standard InChI is InChI=1S/C18H22O2S/c19-18(20)17(11-13-3-1-2-4-13)15-7-9-16(10-8-15)21-12-14-5-6-14/h7-11,13-14H,1-6,12H2,(H,19,20).